The quantitative estimate of drug-likeness (QED) is 0.275. The summed E-state index contributed by atoms with van der Waals surface area (Å²) in [5.74, 6) is 6.19. The molecular formula is C10H23N5. The molecule has 1 rings (SSSR count). The van der Waals surface area contributed by atoms with Crippen LogP contribution in [0.25, 0.3) is 0 Å². The lowest BCUT2D eigenvalue weighted by Crippen LogP contribution is -2.51. The molecule has 1 heterocycles. The molecule has 1 unspecified atom stereocenters. The minimum absolute atomic E-state index is 0.308. The summed E-state index contributed by atoms with van der Waals surface area (Å²) in [6.45, 7) is 6.54. The van der Waals surface area contributed by atoms with E-state index in [0.717, 1.165) is 19.5 Å². The van der Waals surface area contributed by atoms with E-state index in [9.17, 15) is 0 Å². The molecule has 1 fully saturated rings. The lowest BCUT2D eigenvalue weighted by Gasteiger charge is -2.37. The van der Waals surface area contributed by atoms with Gasteiger partial charge < -0.3 is 4.90 Å². The Morgan fingerprint density at radius 3 is 2.80 bits per heavy atom. The molecule has 0 spiro atoms. The Morgan fingerprint density at radius 1 is 1.60 bits per heavy atom. The van der Waals surface area contributed by atoms with Crippen molar-refractivity contribution in [2.75, 3.05) is 20.1 Å². The maximum Gasteiger partial charge on any atom is 0.115 e. The molecule has 0 bridgehead atoms. The second kappa shape index (κ2) is 5.44. The first-order valence-electron chi connectivity index (χ1n) is 5.58. The van der Waals surface area contributed by atoms with Crippen LogP contribution >= 0.6 is 0 Å². The van der Waals surface area contributed by atoms with Crippen LogP contribution in [-0.2, 0) is 0 Å². The number of piperidine rings is 1. The Morgan fingerprint density at radius 2 is 2.27 bits per heavy atom. The van der Waals surface area contributed by atoms with Gasteiger partial charge in [0.25, 0.3) is 0 Å². The first kappa shape index (κ1) is 12.4. The molecule has 1 saturated heterocycles. The van der Waals surface area contributed by atoms with Crippen molar-refractivity contribution in [3.05, 3.63) is 0 Å². The van der Waals surface area contributed by atoms with E-state index in [2.05, 4.69) is 24.3 Å². The van der Waals surface area contributed by atoms with E-state index in [1.165, 1.54) is 6.42 Å². The fourth-order valence-electron chi connectivity index (χ4n) is 2.04. The van der Waals surface area contributed by atoms with Crippen molar-refractivity contribution >= 4 is 5.84 Å². The van der Waals surface area contributed by atoms with Crippen molar-refractivity contribution in [3.63, 3.8) is 0 Å². The van der Waals surface area contributed by atoms with Gasteiger partial charge in [-0.2, -0.15) is 5.53 Å². The average molecular weight is 213 g/mol. The Hall–Kier alpha value is -0.650. The predicted octanol–water partition coefficient (Wildman–Crippen LogP) is 0.394. The minimum Gasteiger partial charge on any atom is -0.300 e. The van der Waals surface area contributed by atoms with Gasteiger partial charge in [0.2, 0.25) is 0 Å². The van der Waals surface area contributed by atoms with Gasteiger partial charge in [-0.15, -0.1) is 0 Å². The second-order valence-corrected chi connectivity index (χ2v) is 4.50. The summed E-state index contributed by atoms with van der Waals surface area (Å²) in [6, 6.07) is 0.566. The van der Waals surface area contributed by atoms with Crippen LogP contribution in [0.3, 0.4) is 0 Å². The van der Waals surface area contributed by atoms with Gasteiger partial charge in [-0.05, 0) is 33.2 Å². The summed E-state index contributed by atoms with van der Waals surface area (Å²) in [5.41, 5.74) is 2.50. The maximum absolute atomic E-state index is 7.98. The molecular weight excluding hydrogens is 190 g/mol. The number of hydrogen-bond acceptors (Lipinski definition) is 4. The number of amidine groups is 1. The predicted molar refractivity (Wildman–Crippen MR) is 62.2 cm³/mol. The van der Waals surface area contributed by atoms with Crippen molar-refractivity contribution < 1.29 is 0 Å². The highest BCUT2D eigenvalue weighted by Crippen LogP contribution is 2.19. The van der Waals surface area contributed by atoms with Crippen LogP contribution in [0.2, 0.25) is 0 Å². The van der Waals surface area contributed by atoms with Crippen molar-refractivity contribution in [2.24, 2.45) is 11.8 Å². The largest absolute Gasteiger partial charge is 0.300 e. The minimum atomic E-state index is 0.308. The standard InChI is InChI=1S/C10H23N5/c1-8(2)15-6-4-5-9(7-15)10(11)14(3)13-12/h8-9,11,13H,4-7,12H2,1-3H3. The lowest BCUT2D eigenvalue weighted by molar-refractivity contribution is 0.156. The molecule has 0 saturated carbocycles. The summed E-state index contributed by atoms with van der Waals surface area (Å²) >= 11 is 0. The zero-order valence-corrected chi connectivity index (χ0v) is 9.95. The first-order valence-corrected chi connectivity index (χ1v) is 5.58. The fraction of sp³-hybridized carbons (Fsp3) is 0.900. The Kier molecular flexibility index (Phi) is 4.50. The summed E-state index contributed by atoms with van der Waals surface area (Å²) in [4.78, 5) is 2.42. The van der Waals surface area contributed by atoms with Crippen LogP contribution in [0, 0.1) is 11.3 Å². The van der Waals surface area contributed by atoms with E-state index in [1.807, 2.05) is 0 Å². The molecule has 0 aromatic rings. The van der Waals surface area contributed by atoms with E-state index >= 15 is 0 Å². The van der Waals surface area contributed by atoms with Gasteiger partial charge in [-0.3, -0.25) is 16.3 Å². The van der Waals surface area contributed by atoms with E-state index in [0.29, 0.717) is 17.8 Å². The Labute approximate surface area is 92.1 Å². The normalized spacial score (nSPS) is 23.1. The molecule has 88 valence electrons. The zero-order valence-electron chi connectivity index (χ0n) is 9.95. The zero-order chi connectivity index (χ0) is 11.4. The SMILES string of the molecule is CC(C)N1CCCC(C(=N)N(C)NN)C1. The monoisotopic (exact) mass is 213 g/mol. The van der Waals surface area contributed by atoms with Gasteiger partial charge in [0.05, 0.1) is 0 Å². The third-order valence-electron chi connectivity index (χ3n) is 3.12. The summed E-state index contributed by atoms with van der Waals surface area (Å²) < 4.78 is 0. The first-order chi connectivity index (χ1) is 7.06. The average Bonchev–Trinajstić information content (AvgIpc) is 2.27. The van der Waals surface area contributed by atoms with Crippen LogP contribution in [-0.4, -0.2) is 41.9 Å². The Bertz CT molecular complexity index is 216. The molecule has 1 atom stereocenters. The van der Waals surface area contributed by atoms with Crippen LogP contribution in [0.4, 0.5) is 0 Å². The molecule has 5 heteroatoms. The molecule has 1 aliphatic heterocycles. The molecule has 4 N–H and O–H groups in total. The maximum atomic E-state index is 7.98. The van der Waals surface area contributed by atoms with E-state index in [-0.39, 0.29) is 0 Å². The van der Waals surface area contributed by atoms with Crippen molar-refractivity contribution in [3.8, 4) is 0 Å². The van der Waals surface area contributed by atoms with Crippen molar-refractivity contribution in [2.45, 2.75) is 32.7 Å². The number of hydrazine groups is 2. The van der Waals surface area contributed by atoms with Gasteiger partial charge >= 0.3 is 0 Å². The number of nitrogens with two attached hydrogens (primary N) is 1. The van der Waals surface area contributed by atoms with Gasteiger partial charge in [0.1, 0.15) is 5.84 Å². The number of rotatable bonds is 3. The van der Waals surface area contributed by atoms with Crippen LogP contribution in [0.15, 0.2) is 0 Å². The smallest absolute Gasteiger partial charge is 0.115 e. The van der Waals surface area contributed by atoms with Crippen molar-refractivity contribution in [1.29, 1.82) is 5.41 Å². The van der Waals surface area contributed by atoms with E-state index in [4.69, 9.17) is 11.3 Å². The van der Waals surface area contributed by atoms with Crippen LogP contribution in [0.5, 0.6) is 0 Å². The van der Waals surface area contributed by atoms with E-state index < -0.39 is 0 Å². The second-order valence-electron chi connectivity index (χ2n) is 4.50. The van der Waals surface area contributed by atoms with Gasteiger partial charge in [-0.1, -0.05) is 0 Å². The molecule has 5 nitrogen and oxygen atoms in total. The van der Waals surface area contributed by atoms with Gasteiger partial charge in [-0.25, -0.2) is 0 Å². The number of nitrogens with zero attached hydrogens (tertiary/aromatic N) is 2. The van der Waals surface area contributed by atoms with Crippen LogP contribution in [0.1, 0.15) is 26.7 Å². The summed E-state index contributed by atoms with van der Waals surface area (Å²) in [5, 5.41) is 9.57. The molecule has 0 amide bonds. The molecule has 1 aliphatic rings. The fourth-order valence-corrected chi connectivity index (χ4v) is 2.04. The highest BCUT2D eigenvalue weighted by Gasteiger charge is 2.26. The lowest BCUT2D eigenvalue weighted by atomic mass is 9.95. The Balaban J connectivity index is 2.52. The van der Waals surface area contributed by atoms with E-state index in [1.54, 1.807) is 12.1 Å². The molecule has 15 heavy (non-hydrogen) atoms. The topological polar surface area (TPSA) is 68.4 Å². The highest BCUT2D eigenvalue weighted by molar-refractivity contribution is 5.81. The molecule has 0 radical (unpaired) electrons. The summed E-state index contributed by atoms with van der Waals surface area (Å²) in [7, 11) is 1.79. The van der Waals surface area contributed by atoms with Gasteiger partial charge in [0.15, 0.2) is 0 Å². The summed E-state index contributed by atoms with van der Waals surface area (Å²) in [6.07, 6.45) is 2.26. The molecule has 0 aliphatic carbocycles. The molecule has 0 aromatic heterocycles. The number of hydrogen-bond donors (Lipinski definition) is 3. The third kappa shape index (κ3) is 3.15. The number of nitrogens with one attached hydrogen (secondary N) is 2. The van der Waals surface area contributed by atoms with Crippen LogP contribution < -0.4 is 11.4 Å². The third-order valence-corrected chi connectivity index (χ3v) is 3.12. The molecule has 0 aromatic carbocycles. The van der Waals surface area contributed by atoms with Gasteiger partial charge in [0, 0.05) is 25.6 Å². The highest BCUT2D eigenvalue weighted by atomic mass is 15.6. The number of likely N-dealkylation sites (tertiary alicyclic amines) is 1. The van der Waals surface area contributed by atoms with Crippen molar-refractivity contribution in [1.82, 2.24) is 15.4 Å².